The Kier molecular flexibility index (Phi) is 4.42. The van der Waals surface area contributed by atoms with Crippen LogP contribution in [-0.4, -0.2) is 12.2 Å². The molecule has 1 aromatic heterocycles. The van der Waals surface area contributed by atoms with Gasteiger partial charge in [-0.3, -0.25) is 0 Å². The molecular formula is C13H13IO2S. The monoisotopic (exact) mass is 360 g/mol. The normalized spacial score (nSPS) is 12.4. The lowest BCUT2D eigenvalue weighted by molar-refractivity contribution is 0.177. The highest BCUT2D eigenvalue weighted by atomic mass is 127. The number of rotatable bonds is 4. The van der Waals surface area contributed by atoms with E-state index in [1.807, 2.05) is 35.7 Å². The number of aliphatic hydroxyl groups excluding tert-OH is 1. The van der Waals surface area contributed by atoms with E-state index in [1.54, 1.807) is 18.4 Å². The SMILES string of the molecule is COc1ccccc1CC(O)c1csc(I)c1. The molecule has 0 fully saturated rings. The number of hydrogen-bond donors (Lipinski definition) is 1. The summed E-state index contributed by atoms with van der Waals surface area (Å²) in [4.78, 5) is 0. The molecule has 17 heavy (non-hydrogen) atoms. The van der Waals surface area contributed by atoms with Crippen molar-refractivity contribution in [1.82, 2.24) is 0 Å². The second-order valence-electron chi connectivity index (χ2n) is 3.72. The molecule has 0 bridgehead atoms. The summed E-state index contributed by atoms with van der Waals surface area (Å²) in [5.41, 5.74) is 2.01. The lowest BCUT2D eigenvalue weighted by Gasteiger charge is -2.12. The largest absolute Gasteiger partial charge is 0.496 e. The Morgan fingerprint density at radius 3 is 2.82 bits per heavy atom. The van der Waals surface area contributed by atoms with Gasteiger partial charge in [-0.25, -0.2) is 0 Å². The predicted octanol–water partition coefficient (Wildman–Crippen LogP) is 3.64. The Morgan fingerprint density at radius 1 is 1.41 bits per heavy atom. The number of methoxy groups -OCH3 is 1. The molecule has 0 aliphatic rings. The van der Waals surface area contributed by atoms with Crippen LogP contribution in [-0.2, 0) is 6.42 Å². The first-order valence-electron chi connectivity index (χ1n) is 5.24. The average Bonchev–Trinajstić information content (AvgIpc) is 2.77. The van der Waals surface area contributed by atoms with Gasteiger partial charge in [-0.15, -0.1) is 11.3 Å². The molecule has 2 nitrogen and oxygen atoms in total. The molecule has 0 amide bonds. The van der Waals surface area contributed by atoms with Crippen LogP contribution in [0.5, 0.6) is 5.75 Å². The Labute approximate surface area is 118 Å². The zero-order chi connectivity index (χ0) is 12.3. The molecule has 4 heteroatoms. The van der Waals surface area contributed by atoms with Crippen molar-refractivity contribution in [3.63, 3.8) is 0 Å². The maximum atomic E-state index is 10.2. The van der Waals surface area contributed by atoms with Crippen LogP contribution in [0.25, 0.3) is 0 Å². The fourth-order valence-corrected chi connectivity index (χ4v) is 3.11. The Bertz CT molecular complexity index is 496. The van der Waals surface area contributed by atoms with Crippen LogP contribution in [0.1, 0.15) is 17.2 Å². The smallest absolute Gasteiger partial charge is 0.122 e. The quantitative estimate of drug-likeness (QED) is 0.844. The van der Waals surface area contributed by atoms with Crippen molar-refractivity contribution < 1.29 is 9.84 Å². The van der Waals surface area contributed by atoms with E-state index in [0.717, 1.165) is 16.9 Å². The lowest BCUT2D eigenvalue weighted by atomic mass is 10.0. The van der Waals surface area contributed by atoms with E-state index in [1.165, 1.54) is 2.88 Å². The summed E-state index contributed by atoms with van der Waals surface area (Å²) < 4.78 is 6.47. The van der Waals surface area contributed by atoms with Gasteiger partial charge in [-0.1, -0.05) is 18.2 Å². The summed E-state index contributed by atoms with van der Waals surface area (Å²) in [6, 6.07) is 9.81. The molecule has 0 saturated heterocycles. The van der Waals surface area contributed by atoms with E-state index in [2.05, 4.69) is 22.6 Å². The van der Waals surface area contributed by atoms with Crippen LogP contribution in [0.2, 0.25) is 0 Å². The zero-order valence-corrected chi connectivity index (χ0v) is 12.4. The maximum Gasteiger partial charge on any atom is 0.122 e. The summed E-state index contributed by atoms with van der Waals surface area (Å²) in [7, 11) is 1.65. The van der Waals surface area contributed by atoms with Gasteiger partial charge in [0.1, 0.15) is 5.75 Å². The van der Waals surface area contributed by atoms with Crippen molar-refractivity contribution in [2.45, 2.75) is 12.5 Å². The minimum atomic E-state index is -0.467. The zero-order valence-electron chi connectivity index (χ0n) is 9.39. The molecule has 1 N–H and O–H groups in total. The summed E-state index contributed by atoms with van der Waals surface area (Å²) in [6.45, 7) is 0. The van der Waals surface area contributed by atoms with E-state index >= 15 is 0 Å². The lowest BCUT2D eigenvalue weighted by Crippen LogP contribution is -2.02. The number of ether oxygens (including phenoxy) is 1. The third-order valence-electron chi connectivity index (χ3n) is 2.58. The second kappa shape index (κ2) is 5.84. The molecule has 0 spiro atoms. The van der Waals surface area contributed by atoms with E-state index in [0.29, 0.717) is 6.42 Å². The molecule has 2 aromatic rings. The van der Waals surface area contributed by atoms with Gasteiger partial charge >= 0.3 is 0 Å². The molecule has 1 heterocycles. The molecule has 2 rings (SSSR count). The molecule has 1 aromatic carbocycles. The Hall–Kier alpha value is -0.590. The number of aliphatic hydroxyl groups is 1. The molecule has 0 saturated carbocycles. The number of thiophene rings is 1. The Morgan fingerprint density at radius 2 is 2.18 bits per heavy atom. The highest BCUT2D eigenvalue weighted by Crippen LogP contribution is 2.27. The molecular weight excluding hydrogens is 347 g/mol. The van der Waals surface area contributed by atoms with Gasteiger partial charge in [0.25, 0.3) is 0 Å². The predicted molar refractivity (Wildman–Crippen MR) is 78.7 cm³/mol. The third kappa shape index (κ3) is 3.20. The van der Waals surface area contributed by atoms with Crippen molar-refractivity contribution in [2.24, 2.45) is 0 Å². The molecule has 90 valence electrons. The van der Waals surface area contributed by atoms with Crippen molar-refractivity contribution in [2.75, 3.05) is 7.11 Å². The average molecular weight is 360 g/mol. The topological polar surface area (TPSA) is 29.5 Å². The minimum absolute atomic E-state index is 0.467. The fraction of sp³-hybridized carbons (Fsp3) is 0.231. The third-order valence-corrected chi connectivity index (χ3v) is 4.39. The summed E-state index contributed by atoms with van der Waals surface area (Å²) in [5.74, 6) is 0.830. The van der Waals surface area contributed by atoms with Gasteiger partial charge in [0.15, 0.2) is 0 Å². The second-order valence-corrected chi connectivity index (χ2v) is 6.52. The van der Waals surface area contributed by atoms with Gasteiger partial charge in [0, 0.05) is 6.42 Å². The van der Waals surface area contributed by atoms with E-state index < -0.39 is 6.10 Å². The summed E-state index contributed by atoms with van der Waals surface area (Å²) >= 11 is 3.91. The molecule has 0 aliphatic heterocycles. The van der Waals surface area contributed by atoms with E-state index in [4.69, 9.17) is 4.74 Å². The highest BCUT2D eigenvalue weighted by molar-refractivity contribution is 14.1. The molecule has 0 radical (unpaired) electrons. The maximum absolute atomic E-state index is 10.2. The number of benzene rings is 1. The van der Waals surface area contributed by atoms with Crippen LogP contribution in [0.15, 0.2) is 35.7 Å². The van der Waals surface area contributed by atoms with Crippen LogP contribution < -0.4 is 4.74 Å². The van der Waals surface area contributed by atoms with E-state index in [-0.39, 0.29) is 0 Å². The van der Waals surface area contributed by atoms with Crippen LogP contribution in [0.3, 0.4) is 0 Å². The summed E-state index contributed by atoms with van der Waals surface area (Å²) in [5, 5.41) is 12.2. The van der Waals surface area contributed by atoms with Gasteiger partial charge in [-0.2, -0.15) is 0 Å². The molecule has 1 unspecified atom stereocenters. The fourth-order valence-electron chi connectivity index (χ4n) is 1.70. The van der Waals surface area contributed by atoms with Crippen molar-refractivity contribution in [3.8, 4) is 5.75 Å². The van der Waals surface area contributed by atoms with Crippen molar-refractivity contribution in [3.05, 3.63) is 49.7 Å². The first-order chi connectivity index (χ1) is 8.20. The van der Waals surface area contributed by atoms with Crippen LogP contribution in [0.4, 0.5) is 0 Å². The number of hydrogen-bond acceptors (Lipinski definition) is 3. The van der Waals surface area contributed by atoms with Gasteiger partial charge in [-0.05, 0) is 51.2 Å². The first-order valence-corrected chi connectivity index (χ1v) is 7.20. The molecule has 1 atom stereocenters. The van der Waals surface area contributed by atoms with Crippen molar-refractivity contribution in [1.29, 1.82) is 0 Å². The van der Waals surface area contributed by atoms with E-state index in [9.17, 15) is 5.11 Å². The molecule has 0 aliphatic carbocycles. The standard InChI is InChI=1S/C13H13IO2S/c1-16-12-5-3-2-4-9(12)6-11(15)10-7-13(14)17-8-10/h2-5,7-8,11,15H,6H2,1H3. The van der Waals surface area contributed by atoms with Gasteiger partial charge < -0.3 is 9.84 Å². The minimum Gasteiger partial charge on any atom is -0.496 e. The Balaban J connectivity index is 2.15. The van der Waals surface area contributed by atoms with Gasteiger partial charge in [0.2, 0.25) is 0 Å². The van der Waals surface area contributed by atoms with Crippen molar-refractivity contribution >= 4 is 33.9 Å². The number of para-hydroxylation sites is 1. The van der Waals surface area contributed by atoms with Gasteiger partial charge in [0.05, 0.1) is 16.1 Å². The first kappa shape index (κ1) is 12.9. The summed E-state index contributed by atoms with van der Waals surface area (Å²) in [6.07, 6.45) is 0.114. The van der Waals surface area contributed by atoms with Crippen LogP contribution >= 0.6 is 33.9 Å². The highest BCUT2D eigenvalue weighted by Gasteiger charge is 2.12. The number of halogens is 1. The van der Waals surface area contributed by atoms with Crippen LogP contribution in [0, 0.1) is 2.88 Å².